The molecule has 2 N–H and O–H groups in total. The van der Waals surface area contributed by atoms with Crippen molar-refractivity contribution in [3.63, 3.8) is 0 Å². The Balaban J connectivity index is 1.76. The van der Waals surface area contributed by atoms with Crippen LogP contribution >= 0.6 is 11.3 Å². The summed E-state index contributed by atoms with van der Waals surface area (Å²) in [5.41, 5.74) is 0. The van der Waals surface area contributed by atoms with Crippen molar-refractivity contribution in [3.05, 3.63) is 23.8 Å². The first-order chi connectivity index (χ1) is 10.6. The minimum atomic E-state index is -0.248. The predicted molar refractivity (Wildman–Crippen MR) is 88.6 cm³/mol. The van der Waals surface area contributed by atoms with Gasteiger partial charge >= 0.3 is 6.03 Å². The van der Waals surface area contributed by atoms with Crippen LogP contribution < -0.4 is 10.6 Å². The fourth-order valence-corrected chi connectivity index (χ4v) is 2.44. The zero-order valence-electron chi connectivity index (χ0n) is 13.1. The molecule has 0 aliphatic rings. The van der Waals surface area contributed by atoms with E-state index >= 15 is 0 Å². The highest BCUT2D eigenvalue weighted by Gasteiger charge is 2.08. The van der Waals surface area contributed by atoms with Crippen LogP contribution in [0.3, 0.4) is 0 Å². The van der Waals surface area contributed by atoms with E-state index in [4.69, 9.17) is 0 Å². The molecule has 0 fully saturated rings. The third-order valence-corrected chi connectivity index (χ3v) is 4.30. The lowest BCUT2D eigenvalue weighted by Gasteiger charge is -2.23. The molecular weight excluding hydrogens is 300 g/mol. The number of hydrogen-bond donors (Lipinski definition) is 2. The highest BCUT2D eigenvalue weighted by atomic mass is 32.1. The van der Waals surface area contributed by atoms with E-state index in [-0.39, 0.29) is 6.03 Å². The Morgan fingerprint density at radius 2 is 2.36 bits per heavy atom. The molecule has 2 amide bonds. The average Bonchev–Trinajstić information content (AvgIpc) is 3.16. The summed E-state index contributed by atoms with van der Waals surface area (Å²) in [5, 5.41) is 12.5. The number of thiazole rings is 1. The maximum atomic E-state index is 11.8. The summed E-state index contributed by atoms with van der Waals surface area (Å²) in [6.07, 6.45) is 4.58. The number of nitrogens with zero attached hydrogens (tertiary/aromatic N) is 4. The van der Waals surface area contributed by atoms with E-state index in [1.165, 1.54) is 11.3 Å². The first-order valence-electron chi connectivity index (χ1n) is 7.30. The lowest BCUT2D eigenvalue weighted by molar-refractivity contribution is 0.238. The molecule has 0 bridgehead atoms. The number of rotatable bonds is 7. The third-order valence-electron chi connectivity index (χ3n) is 3.54. The number of carbonyl (C=O) groups excluding carboxylic acids is 1. The zero-order valence-corrected chi connectivity index (χ0v) is 13.9. The molecule has 0 saturated carbocycles. The SMILES string of the molecule is CCC(C)N(C)CCNC(=O)Nc1ccn(-c2nccs2)n1. The fourth-order valence-electron chi connectivity index (χ4n) is 1.86. The second-order valence-electron chi connectivity index (χ2n) is 5.08. The topological polar surface area (TPSA) is 75.1 Å². The van der Waals surface area contributed by atoms with Crippen molar-refractivity contribution in [2.24, 2.45) is 0 Å². The number of nitrogens with one attached hydrogen (secondary N) is 2. The van der Waals surface area contributed by atoms with Gasteiger partial charge in [0.2, 0.25) is 5.13 Å². The zero-order chi connectivity index (χ0) is 15.9. The van der Waals surface area contributed by atoms with Crippen molar-refractivity contribution >= 4 is 23.2 Å². The number of hydrogen-bond acceptors (Lipinski definition) is 5. The molecule has 1 atom stereocenters. The van der Waals surface area contributed by atoms with E-state index < -0.39 is 0 Å². The maximum absolute atomic E-state index is 11.8. The molecule has 120 valence electrons. The maximum Gasteiger partial charge on any atom is 0.320 e. The summed E-state index contributed by atoms with van der Waals surface area (Å²) in [7, 11) is 2.06. The van der Waals surface area contributed by atoms with E-state index in [2.05, 4.69) is 46.5 Å². The molecule has 0 aliphatic carbocycles. The molecular formula is C14H22N6OS. The van der Waals surface area contributed by atoms with Gasteiger partial charge in [-0.3, -0.25) is 5.32 Å². The van der Waals surface area contributed by atoms with Gasteiger partial charge in [0.05, 0.1) is 0 Å². The minimum Gasteiger partial charge on any atom is -0.337 e. The van der Waals surface area contributed by atoms with Crippen LogP contribution in [-0.4, -0.2) is 51.9 Å². The van der Waals surface area contributed by atoms with Gasteiger partial charge in [0.15, 0.2) is 5.82 Å². The molecule has 7 nitrogen and oxygen atoms in total. The number of anilines is 1. The number of likely N-dealkylation sites (N-methyl/N-ethyl adjacent to an activating group) is 1. The summed E-state index contributed by atoms with van der Waals surface area (Å²) in [5.74, 6) is 0.503. The van der Waals surface area contributed by atoms with Gasteiger partial charge in [-0.2, -0.15) is 0 Å². The van der Waals surface area contributed by atoms with Crippen molar-refractivity contribution in [2.45, 2.75) is 26.3 Å². The molecule has 0 aromatic carbocycles. The van der Waals surface area contributed by atoms with E-state index in [1.54, 1.807) is 23.1 Å². The van der Waals surface area contributed by atoms with Crippen molar-refractivity contribution < 1.29 is 4.79 Å². The second-order valence-corrected chi connectivity index (χ2v) is 5.95. The number of aromatic nitrogens is 3. The molecule has 22 heavy (non-hydrogen) atoms. The second kappa shape index (κ2) is 7.90. The van der Waals surface area contributed by atoms with Gasteiger partial charge in [0, 0.05) is 43.0 Å². The van der Waals surface area contributed by atoms with Gasteiger partial charge in [0.1, 0.15) is 0 Å². The van der Waals surface area contributed by atoms with Crippen LogP contribution in [0.4, 0.5) is 10.6 Å². The van der Waals surface area contributed by atoms with Gasteiger partial charge in [0.25, 0.3) is 0 Å². The largest absolute Gasteiger partial charge is 0.337 e. The summed E-state index contributed by atoms with van der Waals surface area (Å²) in [4.78, 5) is 18.2. The van der Waals surface area contributed by atoms with Gasteiger partial charge < -0.3 is 10.2 Å². The molecule has 0 spiro atoms. The monoisotopic (exact) mass is 322 g/mol. The summed E-state index contributed by atoms with van der Waals surface area (Å²) in [6, 6.07) is 2.01. The van der Waals surface area contributed by atoms with Crippen LogP contribution in [0.25, 0.3) is 5.13 Å². The predicted octanol–water partition coefficient (Wildman–Crippen LogP) is 2.18. The van der Waals surface area contributed by atoms with Crippen LogP contribution in [0.2, 0.25) is 0 Å². The third kappa shape index (κ3) is 4.54. The van der Waals surface area contributed by atoms with Gasteiger partial charge in [-0.1, -0.05) is 6.92 Å². The molecule has 2 rings (SSSR count). The van der Waals surface area contributed by atoms with Crippen molar-refractivity contribution in [3.8, 4) is 5.13 Å². The molecule has 1 unspecified atom stereocenters. The number of urea groups is 1. The Kier molecular flexibility index (Phi) is 5.91. The van der Waals surface area contributed by atoms with Gasteiger partial charge in [-0.05, 0) is 20.4 Å². The Hall–Kier alpha value is -1.93. The van der Waals surface area contributed by atoms with E-state index in [9.17, 15) is 4.79 Å². The molecule has 2 aromatic heterocycles. The van der Waals surface area contributed by atoms with Gasteiger partial charge in [-0.15, -0.1) is 16.4 Å². The van der Waals surface area contributed by atoms with E-state index in [0.29, 0.717) is 18.4 Å². The first kappa shape index (κ1) is 16.4. The molecule has 0 saturated heterocycles. The summed E-state index contributed by atoms with van der Waals surface area (Å²) in [6.45, 7) is 5.74. The normalized spacial score (nSPS) is 12.4. The van der Waals surface area contributed by atoms with Gasteiger partial charge in [-0.25, -0.2) is 14.5 Å². The molecule has 2 aromatic rings. The molecule has 0 aliphatic heterocycles. The van der Waals surface area contributed by atoms with Crippen LogP contribution in [-0.2, 0) is 0 Å². The van der Waals surface area contributed by atoms with Crippen molar-refractivity contribution in [2.75, 3.05) is 25.5 Å². The van der Waals surface area contributed by atoms with Crippen molar-refractivity contribution in [1.29, 1.82) is 0 Å². The van der Waals surface area contributed by atoms with Crippen LogP contribution in [0, 0.1) is 0 Å². The Morgan fingerprint density at radius 3 is 3.05 bits per heavy atom. The highest BCUT2D eigenvalue weighted by molar-refractivity contribution is 7.12. The Morgan fingerprint density at radius 1 is 1.55 bits per heavy atom. The minimum absolute atomic E-state index is 0.248. The number of amides is 2. The lowest BCUT2D eigenvalue weighted by Crippen LogP contribution is -2.38. The molecule has 2 heterocycles. The molecule has 8 heteroatoms. The van der Waals surface area contributed by atoms with E-state index in [0.717, 1.165) is 18.1 Å². The van der Waals surface area contributed by atoms with Crippen molar-refractivity contribution in [1.82, 2.24) is 25.0 Å². The molecule has 0 radical (unpaired) electrons. The van der Waals surface area contributed by atoms with E-state index in [1.807, 2.05) is 5.38 Å². The first-order valence-corrected chi connectivity index (χ1v) is 8.18. The van der Waals surface area contributed by atoms with Crippen LogP contribution in [0.1, 0.15) is 20.3 Å². The van der Waals surface area contributed by atoms with Crippen LogP contribution in [0.15, 0.2) is 23.8 Å². The summed E-state index contributed by atoms with van der Waals surface area (Å²) < 4.78 is 1.64. The lowest BCUT2D eigenvalue weighted by atomic mass is 10.2. The van der Waals surface area contributed by atoms with Crippen LogP contribution in [0.5, 0.6) is 0 Å². The quantitative estimate of drug-likeness (QED) is 0.819. The fraction of sp³-hybridized carbons (Fsp3) is 0.500. The summed E-state index contributed by atoms with van der Waals surface area (Å²) >= 11 is 1.49. The smallest absolute Gasteiger partial charge is 0.320 e. The highest BCUT2D eigenvalue weighted by Crippen LogP contribution is 2.12. The standard InChI is InChI=1S/C14H22N6OS/c1-4-11(2)19(3)9-6-15-13(21)17-12-5-8-20(18-12)14-16-7-10-22-14/h5,7-8,10-11H,4,6,9H2,1-3H3,(H2,15,17,18,21). The average molecular weight is 322 g/mol. The Bertz CT molecular complexity index is 582. The number of carbonyl (C=O) groups is 1. The Labute approximate surface area is 134 Å².